The minimum Gasteiger partial charge on any atom is -0.327 e. The molecule has 1 aliphatic rings. The van der Waals surface area contributed by atoms with Crippen molar-refractivity contribution in [2.45, 2.75) is 71.3 Å². The highest BCUT2D eigenvalue weighted by Gasteiger charge is 2.16. The van der Waals surface area contributed by atoms with Gasteiger partial charge in [0, 0.05) is 6.04 Å². The minimum atomic E-state index is 0.430. The van der Waals surface area contributed by atoms with E-state index in [9.17, 15) is 0 Å². The molecule has 0 amide bonds. The van der Waals surface area contributed by atoms with Gasteiger partial charge >= 0.3 is 0 Å². The SMILES string of the molecule is CC(C)C(N)CC1CCCCCCC1. The number of nitrogens with two attached hydrogens (primary N) is 1. The third kappa shape index (κ3) is 4.45. The number of rotatable bonds is 3. The summed E-state index contributed by atoms with van der Waals surface area (Å²) in [7, 11) is 0. The molecule has 0 heterocycles. The first-order chi connectivity index (χ1) is 6.70. The molecule has 2 N–H and O–H groups in total. The second kappa shape index (κ2) is 6.44. The van der Waals surface area contributed by atoms with Gasteiger partial charge in [0.1, 0.15) is 0 Å². The molecule has 0 saturated heterocycles. The van der Waals surface area contributed by atoms with Gasteiger partial charge in [0.05, 0.1) is 0 Å². The summed E-state index contributed by atoms with van der Waals surface area (Å²) in [5.74, 6) is 1.58. The largest absolute Gasteiger partial charge is 0.327 e. The van der Waals surface area contributed by atoms with Gasteiger partial charge in [-0.1, -0.05) is 58.8 Å². The number of hydrogen-bond acceptors (Lipinski definition) is 1. The van der Waals surface area contributed by atoms with Crippen molar-refractivity contribution in [1.82, 2.24) is 0 Å². The van der Waals surface area contributed by atoms with Crippen LogP contribution in [0.4, 0.5) is 0 Å². The first-order valence-corrected chi connectivity index (χ1v) is 6.45. The molecule has 14 heavy (non-hydrogen) atoms. The van der Waals surface area contributed by atoms with E-state index in [2.05, 4.69) is 13.8 Å². The van der Waals surface area contributed by atoms with Gasteiger partial charge in [-0.25, -0.2) is 0 Å². The Morgan fingerprint density at radius 1 is 1.00 bits per heavy atom. The van der Waals surface area contributed by atoms with Crippen molar-refractivity contribution in [1.29, 1.82) is 0 Å². The zero-order valence-electron chi connectivity index (χ0n) is 9.97. The van der Waals surface area contributed by atoms with E-state index in [1.807, 2.05) is 0 Å². The average Bonchev–Trinajstić information content (AvgIpc) is 2.08. The van der Waals surface area contributed by atoms with Crippen LogP contribution < -0.4 is 5.73 Å². The molecule has 1 aliphatic carbocycles. The highest BCUT2D eigenvalue weighted by atomic mass is 14.6. The molecule has 0 radical (unpaired) electrons. The lowest BCUT2D eigenvalue weighted by Gasteiger charge is -2.24. The maximum Gasteiger partial charge on any atom is 0.00645 e. The van der Waals surface area contributed by atoms with Gasteiger partial charge in [0.2, 0.25) is 0 Å². The Bertz CT molecular complexity index is 134. The zero-order chi connectivity index (χ0) is 10.4. The van der Waals surface area contributed by atoms with E-state index < -0.39 is 0 Å². The first kappa shape index (κ1) is 12.0. The van der Waals surface area contributed by atoms with Gasteiger partial charge in [-0.05, 0) is 18.3 Å². The molecule has 0 spiro atoms. The molecule has 1 nitrogen and oxygen atoms in total. The van der Waals surface area contributed by atoms with E-state index >= 15 is 0 Å². The molecule has 1 heteroatoms. The maximum atomic E-state index is 6.14. The lowest BCUT2D eigenvalue weighted by molar-refractivity contribution is 0.309. The van der Waals surface area contributed by atoms with Crippen molar-refractivity contribution in [3.63, 3.8) is 0 Å². The maximum absolute atomic E-state index is 6.14. The fraction of sp³-hybridized carbons (Fsp3) is 1.00. The van der Waals surface area contributed by atoms with Gasteiger partial charge in [-0.2, -0.15) is 0 Å². The second-order valence-corrected chi connectivity index (χ2v) is 5.35. The molecular weight excluding hydrogens is 170 g/mol. The Morgan fingerprint density at radius 2 is 1.50 bits per heavy atom. The summed E-state index contributed by atoms with van der Waals surface area (Å²) in [6.07, 6.45) is 11.4. The Kier molecular flexibility index (Phi) is 5.54. The van der Waals surface area contributed by atoms with Crippen LogP contribution in [0.2, 0.25) is 0 Å². The van der Waals surface area contributed by atoms with Crippen LogP contribution >= 0.6 is 0 Å². The third-order valence-corrected chi connectivity index (χ3v) is 3.69. The van der Waals surface area contributed by atoms with Crippen LogP contribution in [0.25, 0.3) is 0 Å². The van der Waals surface area contributed by atoms with E-state index in [1.54, 1.807) is 0 Å². The summed E-state index contributed by atoms with van der Waals surface area (Å²) in [6.45, 7) is 4.49. The van der Waals surface area contributed by atoms with Crippen molar-refractivity contribution in [2.75, 3.05) is 0 Å². The van der Waals surface area contributed by atoms with Crippen LogP contribution in [0.1, 0.15) is 65.2 Å². The van der Waals surface area contributed by atoms with Gasteiger partial charge in [-0.15, -0.1) is 0 Å². The third-order valence-electron chi connectivity index (χ3n) is 3.69. The second-order valence-electron chi connectivity index (χ2n) is 5.35. The summed E-state index contributed by atoms with van der Waals surface area (Å²) in [6, 6.07) is 0.430. The topological polar surface area (TPSA) is 26.0 Å². The van der Waals surface area contributed by atoms with Crippen LogP contribution in [0.15, 0.2) is 0 Å². The normalized spacial score (nSPS) is 23.1. The fourth-order valence-corrected chi connectivity index (χ4v) is 2.43. The van der Waals surface area contributed by atoms with Gasteiger partial charge in [0.25, 0.3) is 0 Å². The number of hydrogen-bond donors (Lipinski definition) is 1. The van der Waals surface area contributed by atoms with Crippen LogP contribution in [-0.2, 0) is 0 Å². The fourth-order valence-electron chi connectivity index (χ4n) is 2.43. The highest BCUT2D eigenvalue weighted by molar-refractivity contribution is 4.72. The summed E-state index contributed by atoms with van der Waals surface area (Å²) in [4.78, 5) is 0. The average molecular weight is 197 g/mol. The van der Waals surface area contributed by atoms with Crippen LogP contribution in [0, 0.1) is 11.8 Å². The molecule has 1 saturated carbocycles. The molecule has 1 fully saturated rings. The molecule has 0 bridgehead atoms. The standard InChI is InChI=1S/C13H27N/c1-11(2)13(14)10-12-8-6-4-3-5-7-9-12/h11-13H,3-10,14H2,1-2H3. The van der Waals surface area contributed by atoms with E-state index in [0.29, 0.717) is 12.0 Å². The Hall–Kier alpha value is -0.0400. The molecule has 1 atom stereocenters. The molecule has 1 unspecified atom stereocenters. The summed E-state index contributed by atoms with van der Waals surface area (Å²) < 4.78 is 0. The van der Waals surface area contributed by atoms with Gasteiger partial charge < -0.3 is 5.73 Å². The van der Waals surface area contributed by atoms with E-state index in [4.69, 9.17) is 5.73 Å². The van der Waals surface area contributed by atoms with Crippen LogP contribution in [0.3, 0.4) is 0 Å². The van der Waals surface area contributed by atoms with Crippen molar-refractivity contribution < 1.29 is 0 Å². The molecule has 84 valence electrons. The minimum absolute atomic E-state index is 0.430. The van der Waals surface area contributed by atoms with Crippen molar-refractivity contribution in [3.05, 3.63) is 0 Å². The quantitative estimate of drug-likeness (QED) is 0.733. The predicted molar refractivity (Wildman–Crippen MR) is 63.2 cm³/mol. The van der Waals surface area contributed by atoms with Crippen molar-refractivity contribution >= 4 is 0 Å². The predicted octanol–water partition coefficient (Wildman–Crippen LogP) is 3.72. The molecule has 1 rings (SSSR count). The van der Waals surface area contributed by atoms with Gasteiger partial charge in [0.15, 0.2) is 0 Å². The van der Waals surface area contributed by atoms with Crippen molar-refractivity contribution in [3.8, 4) is 0 Å². The van der Waals surface area contributed by atoms with Crippen LogP contribution in [0.5, 0.6) is 0 Å². The van der Waals surface area contributed by atoms with Gasteiger partial charge in [-0.3, -0.25) is 0 Å². The molecular formula is C13H27N. The summed E-state index contributed by atoms with van der Waals surface area (Å²) in [5.41, 5.74) is 6.14. The lowest BCUT2D eigenvalue weighted by Crippen LogP contribution is -2.29. The van der Waals surface area contributed by atoms with E-state index in [1.165, 1.54) is 51.4 Å². The first-order valence-electron chi connectivity index (χ1n) is 6.45. The van der Waals surface area contributed by atoms with E-state index in [-0.39, 0.29) is 0 Å². The summed E-state index contributed by atoms with van der Waals surface area (Å²) >= 11 is 0. The lowest BCUT2D eigenvalue weighted by atomic mass is 9.84. The Balaban J connectivity index is 2.26. The van der Waals surface area contributed by atoms with E-state index in [0.717, 1.165) is 5.92 Å². The van der Waals surface area contributed by atoms with Crippen LogP contribution in [-0.4, -0.2) is 6.04 Å². The molecule has 0 aromatic heterocycles. The summed E-state index contributed by atoms with van der Waals surface area (Å²) in [5, 5.41) is 0. The Morgan fingerprint density at radius 3 is 2.00 bits per heavy atom. The molecule has 0 aromatic carbocycles. The smallest absolute Gasteiger partial charge is 0.00645 e. The van der Waals surface area contributed by atoms with Crippen molar-refractivity contribution in [2.24, 2.45) is 17.6 Å². The highest BCUT2D eigenvalue weighted by Crippen LogP contribution is 2.26. The zero-order valence-corrected chi connectivity index (χ0v) is 9.97. The monoisotopic (exact) mass is 197 g/mol. The Labute approximate surface area is 89.5 Å². The molecule has 0 aliphatic heterocycles. The molecule has 0 aromatic rings.